The Hall–Kier alpha value is -3.15. The molecule has 2 aromatic rings. The quantitative estimate of drug-likeness (QED) is 0.376. The van der Waals surface area contributed by atoms with Gasteiger partial charge in [0.05, 0.1) is 22.2 Å². The molecule has 1 fully saturated rings. The van der Waals surface area contributed by atoms with Crippen molar-refractivity contribution in [1.82, 2.24) is 4.90 Å². The van der Waals surface area contributed by atoms with Gasteiger partial charge in [-0.2, -0.15) is 0 Å². The van der Waals surface area contributed by atoms with Gasteiger partial charge in [0.25, 0.3) is 11.6 Å². The van der Waals surface area contributed by atoms with Gasteiger partial charge in [-0.25, -0.2) is 0 Å². The minimum Gasteiger partial charge on any atom is -0.377 e. The Kier molecular flexibility index (Phi) is 5.45. The number of nitrogens with one attached hydrogen (secondary N) is 1. The first-order valence-corrected chi connectivity index (χ1v) is 11.6. The number of non-ortho nitro benzene ring substituents is 1. The van der Waals surface area contributed by atoms with Crippen molar-refractivity contribution in [3.05, 3.63) is 81.4 Å². The average Bonchev–Trinajstić information content (AvgIpc) is 3.33. The van der Waals surface area contributed by atoms with Crippen molar-refractivity contribution in [3.63, 3.8) is 0 Å². The molecule has 1 saturated carbocycles. The third-order valence-corrected chi connectivity index (χ3v) is 7.51. The van der Waals surface area contributed by atoms with Crippen molar-refractivity contribution < 1.29 is 9.72 Å². The number of hydrogen-bond donors (Lipinski definition) is 1. The third-order valence-electron chi connectivity index (χ3n) is 7.51. The van der Waals surface area contributed by atoms with Crippen molar-refractivity contribution in [2.75, 3.05) is 12.4 Å². The topological polar surface area (TPSA) is 75.5 Å². The van der Waals surface area contributed by atoms with E-state index in [0.29, 0.717) is 11.6 Å². The first-order valence-electron chi connectivity index (χ1n) is 11.6. The van der Waals surface area contributed by atoms with E-state index in [1.807, 2.05) is 30.1 Å². The molecule has 2 aliphatic carbocycles. The van der Waals surface area contributed by atoms with Crippen molar-refractivity contribution in [2.24, 2.45) is 5.92 Å². The zero-order valence-corrected chi connectivity index (χ0v) is 18.4. The Morgan fingerprint density at radius 1 is 1.12 bits per heavy atom. The first kappa shape index (κ1) is 20.7. The molecule has 0 saturated heterocycles. The van der Waals surface area contributed by atoms with Crippen LogP contribution in [0.1, 0.15) is 72.0 Å². The second-order valence-corrected chi connectivity index (χ2v) is 9.31. The van der Waals surface area contributed by atoms with Crippen LogP contribution >= 0.6 is 0 Å². The molecule has 32 heavy (non-hydrogen) atoms. The minimum atomic E-state index is -0.348. The molecule has 2 aromatic carbocycles. The summed E-state index contributed by atoms with van der Waals surface area (Å²) in [5, 5.41) is 15.0. The molecule has 3 aliphatic rings. The Labute approximate surface area is 188 Å². The van der Waals surface area contributed by atoms with E-state index in [9.17, 15) is 14.9 Å². The van der Waals surface area contributed by atoms with Gasteiger partial charge in [-0.05, 0) is 42.4 Å². The summed E-state index contributed by atoms with van der Waals surface area (Å²) in [4.78, 5) is 26.5. The molecule has 6 heteroatoms. The van der Waals surface area contributed by atoms with Gasteiger partial charge in [-0.1, -0.05) is 55.7 Å². The Balaban J connectivity index is 1.52. The van der Waals surface area contributed by atoms with E-state index in [0.717, 1.165) is 36.1 Å². The molecule has 5 rings (SSSR count). The number of nitro groups is 1. The fourth-order valence-corrected chi connectivity index (χ4v) is 5.79. The summed E-state index contributed by atoms with van der Waals surface area (Å²) >= 11 is 0. The van der Waals surface area contributed by atoms with E-state index in [2.05, 4.69) is 23.5 Å². The molecule has 1 heterocycles. The molecule has 0 bridgehead atoms. The van der Waals surface area contributed by atoms with Crippen LogP contribution in [0.4, 0.5) is 11.4 Å². The highest BCUT2D eigenvalue weighted by atomic mass is 16.6. The van der Waals surface area contributed by atoms with Crippen molar-refractivity contribution in [3.8, 4) is 0 Å². The minimum absolute atomic E-state index is 0.0551. The van der Waals surface area contributed by atoms with Crippen molar-refractivity contribution >= 4 is 17.3 Å². The molecule has 1 aliphatic heterocycles. The fourth-order valence-electron chi connectivity index (χ4n) is 5.79. The number of rotatable bonds is 4. The number of fused-ring (bicyclic) bond motifs is 3. The number of benzene rings is 2. The number of carbonyl (C=O) groups excluding carboxylic acids is 1. The molecule has 3 atom stereocenters. The maximum absolute atomic E-state index is 13.6. The summed E-state index contributed by atoms with van der Waals surface area (Å²) in [5.41, 5.74) is 3.72. The van der Waals surface area contributed by atoms with Gasteiger partial charge in [-0.15, -0.1) is 0 Å². The van der Waals surface area contributed by atoms with Gasteiger partial charge in [0, 0.05) is 31.1 Å². The normalized spacial score (nSPS) is 24.3. The van der Waals surface area contributed by atoms with Crippen LogP contribution in [-0.4, -0.2) is 28.8 Å². The Morgan fingerprint density at radius 2 is 1.91 bits per heavy atom. The third kappa shape index (κ3) is 3.57. The van der Waals surface area contributed by atoms with Crippen LogP contribution < -0.4 is 5.32 Å². The van der Waals surface area contributed by atoms with Gasteiger partial charge in [0.15, 0.2) is 0 Å². The number of amides is 1. The standard InChI is InChI=1S/C26H29N3O3/c1-28(18-9-3-2-4-10-18)26(30)23-15-7-14-22-20-12-6-13-21(20)24(27-25(22)23)17-8-5-11-19(16-17)29(31)32/h5-8,11-12,14-16,18,20-21,24,27H,2-4,9-10,13H2,1H3. The van der Waals surface area contributed by atoms with E-state index in [1.54, 1.807) is 12.1 Å². The highest BCUT2D eigenvalue weighted by Crippen LogP contribution is 2.51. The monoisotopic (exact) mass is 431 g/mol. The zero-order valence-electron chi connectivity index (χ0n) is 18.4. The SMILES string of the molecule is CN(C(=O)c1cccc2c1NC(c1cccc([N+](=O)[O-])c1)C1CC=CC21)C1CCCCC1. The number of hydrogen-bond acceptors (Lipinski definition) is 4. The summed E-state index contributed by atoms with van der Waals surface area (Å²) in [6, 6.07) is 13.1. The highest BCUT2D eigenvalue weighted by Gasteiger charge is 2.40. The number of allylic oxidation sites excluding steroid dienone is 2. The molecule has 3 unspecified atom stereocenters. The molecule has 166 valence electrons. The molecule has 6 nitrogen and oxygen atoms in total. The zero-order chi connectivity index (χ0) is 22.2. The van der Waals surface area contributed by atoms with E-state index >= 15 is 0 Å². The molecule has 1 N–H and O–H groups in total. The van der Waals surface area contributed by atoms with Crippen molar-refractivity contribution in [1.29, 1.82) is 0 Å². The van der Waals surface area contributed by atoms with E-state index in [1.165, 1.54) is 25.3 Å². The molecular formula is C26H29N3O3. The van der Waals surface area contributed by atoms with E-state index < -0.39 is 0 Å². The lowest BCUT2D eigenvalue weighted by molar-refractivity contribution is -0.384. The second kappa shape index (κ2) is 8.41. The van der Waals surface area contributed by atoms with E-state index in [-0.39, 0.29) is 34.4 Å². The van der Waals surface area contributed by atoms with E-state index in [4.69, 9.17) is 0 Å². The van der Waals surface area contributed by atoms with Crippen LogP contribution in [0.3, 0.4) is 0 Å². The van der Waals surface area contributed by atoms with Crippen LogP contribution in [0.5, 0.6) is 0 Å². The number of nitrogens with zero attached hydrogens (tertiary/aromatic N) is 2. The second-order valence-electron chi connectivity index (χ2n) is 9.31. The molecular weight excluding hydrogens is 402 g/mol. The van der Waals surface area contributed by atoms with Crippen LogP contribution in [0.15, 0.2) is 54.6 Å². The van der Waals surface area contributed by atoms with Gasteiger partial charge in [-0.3, -0.25) is 14.9 Å². The van der Waals surface area contributed by atoms with Gasteiger partial charge in [0.1, 0.15) is 0 Å². The van der Waals surface area contributed by atoms with Crippen LogP contribution in [0.25, 0.3) is 0 Å². The molecule has 0 spiro atoms. The smallest absolute Gasteiger partial charge is 0.269 e. The predicted octanol–water partition coefficient (Wildman–Crippen LogP) is 5.83. The largest absolute Gasteiger partial charge is 0.377 e. The van der Waals surface area contributed by atoms with Crippen LogP contribution in [-0.2, 0) is 0 Å². The maximum Gasteiger partial charge on any atom is 0.269 e. The Bertz CT molecular complexity index is 1070. The summed E-state index contributed by atoms with van der Waals surface area (Å²) in [5.74, 6) is 0.522. The Morgan fingerprint density at radius 3 is 2.69 bits per heavy atom. The van der Waals surface area contributed by atoms with Crippen LogP contribution in [0, 0.1) is 16.0 Å². The lowest BCUT2D eigenvalue weighted by Crippen LogP contribution is -2.39. The fraction of sp³-hybridized carbons (Fsp3) is 0.423. The summed E-state index contributed by atoms with van der Waals surface area (Å²) in [6.45, 7) is 0. The van der Waals surface area contributed by atoms with Gasteiger partial charge < -0.3 is 10.2 Å². The predicted molar refractivity (Wildman–Crippen MR) is 125 cm³/mol. The number of nitro benzene ring substituents is 1. The number of anilines is 1. The number of para-hydroxylation sites is 1. The lowest BCUT2D eigenvalue weighted by atomic mass is 9.76. The van der Waals surface area contributed by atoms with Gasteiger partial charge in [0.2, 0.25) is 0 Å². The maximum atomic E-state index is 13.6. The summed E-state index contributed by atoms with van der Waals surface area (Å²) in [7, 11) is 1.93. The molecule has 1 amide bonds. The summed E-state index contributed by atoms with van der Waals surface area (Å²) < 4.78 is 0. The lowest BCUT2D eigenvalue weighted by Gasteiger charge is -2.39. The van der Waals surface area contributed by atoms with Gasteiger partial charge >= 0.3 is 0 Å². The first-order chi connectivity index (χ1) is 15.5. The van der Waals surface area contributed by atoms with Crippen LogP contribution in [0.2, 0.25) is 0 Å². The number of carbonyl (C=O) groups is 1. The molecule has 0 aromatic heterocycles. The highest BCUT2D eigenvalue weighted by molar-refractivity contribution is 6.01. The molecule has 0 radical (unpaired) electrons. The summed E-state index contributed by atoms with van der Waals surface area (Å²) in [6.07, 6.45) is 11.1. The van der Waals surface area contributed by atoms with Crippen molar-refractivity contribution in [2.45, 2.75) is 56.5 Å². The average molecular weight is 432 g/mol.